The Balaban J connectivity index is 0.00000119. The number of aliphatic hydroxyl groups excluding tert-OH is 1. The van der Waals surface area contributed by atoms with E-state index in [1.165, 1.54) is 28.1 Å². The van der Waals surface area contributed by atoms with Gasteiger partial charge >= 0.3 is 0 Å². The highest BCUT2D eigenvalue weighted by molar-refractivity contribution is 5.93. The standard InChI is InChI=1S/C25H39N3O4.C24H38N2O4.CH5NO/c1-17(2)12-21(15-24(30)23(13-18(3)4)27-19(5)29)25(31)28-22(16-26-32-6)14-20-10-8-7-9-11-20;1-16(2)11-20(14-23(29)22(12-17(3)4)25-18(5)28)24(30)26-21(15-27)13-19-9-7-6-8-10-19;1-3-2/h7-11,16-18,21-23H,12-15H2,1-6H3,(H,27,29)(H,28,31);6-10,16-17,20-22,27H,11-15H2,1-5H3,(H,25,28)(H,26,30);2H2,1H3/b26-16+;;/t21-,22?,23+;20-,21+,22+;/m11./s1. The number of carbonyl (C=O) groups excluding carboxylic acids is 6. The number of oxime groups is 1. The molecule has 65 heavy (non-hydrogen) atoms. The Morgan fingerprint density at radius 3 is 1.31 bits per heavy atom. The summed E-state index contributed by atoms with van der Waals surface area (Å²) in [7, 11) is 2.86. The number of rotatable bonds is 27. The molecule has 0 aliphatic rings. The normalized spacial score (nSPS) is 13.9. The quantitative estimate of drug-likeness (QED) is 0.0459. The molecule has 0 aliphatic heterocycles. The number of hydrogen-bond acceptors (Lipinski definition) is 11. The van der Waals surface area contributed by atoms with Crippen LogP contribution in [0.5, 0.6) is 0 Å². The first-order chi connectivity index (χ1) is 30.6. The summed E-state index contributed by atoms with van der Waals surface area (Å²) in [6, 6.07) is 17.5. The maximum atomic E-state index is 13.2. The van der Waals surface area contributed by atoms with E-state index in [1.54, 1.807) is 6.21 Å². The van der Waals surface area contributed by atoms with Crippen molar-refractivity contribution in [2.45, 2.75) is 145 Å². The van der Waals surface area contributed by atoms with Gasteiger partial charge in [0.2, 0.25) is 23.6 Å². The third-order valence-electron chi connectivity index (χ3n) is 9.96. The highest BCUT2D eigenvalue weighted by Crippen LogP contribution is 2.21. The van der Waals surface area contributed by atoms with Gasteiger partial charge in [0.15, 0.2) is 11.6 Å². The second-order valence-electron chi connectivity index (χ2n) is 18.3. The number of nitrogens with two attached hydrogens (primary N) is 1. The number of hydrogen-bond donors (Lipinski definition) is 6. The second-order valence-corrected chi connectivity index (χ2v) is 18.3. The number of aliphatic hydroxyl groups is 1. The number of nitrogens with one attached hydrogen (secondary N) is 4. The molecule has 1 unspecified atom stereocenters. The van der Waals surface area contributed by atoms with Crippen molar-refractivity contribution in [3.63, 3.8) is 0 Å². The Morgan fingerprint density at radius 1 is 0.600 bits per heavy atom. The zero-order chi connectivity index (χ0) is 49.5. The zero-order valence-corrected chi connectivity index (χ0v) is 41.2. The molecule has 7 N–H and O–H groups in total. The van der Waals surface area contributed by atoms with Crippen LogP contribution in [0.1, 0.15) is 119 Å². The SMILES string of the molecule is CC(=O)N[C@@H](CC(C)C)C(=O)C[C@@H](CC(C)C)C(=O)N[C@H](CO)Cc1ccccc1.CO/N=C/C(Cc1ccccc1)NC(=O)[C@@H](CC(=O)[C@H](CC(C)C)NC(C)=O)CC(C)C.CON. The number of amides is 4. The average molecular weight is 911 g/mol. The van der Waals surface area contributed by atoms with Crippen molar-refractivity contribution in [2.24, 2.45) is 46.6 Å². The number of benzene rings is 2. The Labute approximate surface area is 389 Å². The van der Waals surface area contributed by atoms with Crippen molar-refractivity contribution < 1.29 is 43.5 Å². The van der Waals surface area contributed by atoms with Gasteiger partial charge in [0.1, 0.15) is 7.11 Å². The average Bonchev–Trinajstić information content (AvgIpc) is 3.21. The van der Waals surface area contributed by atoms with Gasteiger partial charge in [-0.3, -0.25) is 28.8 Å². The van der Waals surface area contributed by atoms with Crippen LogP contribution in [0.15, 0.2) is 65.8 Å². The topological polar surface area (TPSA) is 228 Å². The summed E-state index contributed by atoms with van der Waals surface area (Å²) >= 11 is 0. The van der Waals surface area contributed by atoms with Gasteiger partial charge in [0.25, 0.3) is 0 Å². The van der Waals surface area contributed by atoms with Crippen LogP contribution in [0.2, 0.25) is 0 Å². The maximum Gasteiger partial charge on any atom is 0.224 e. The van der Waals surface area contributed by atoms with Crippen LogP contribution < -0.4 is 27.2 Å². The van der Waals surface area contributed by atoms with Crippen LogP contribution in [-0.4, -0.2) is 91.5 Å². The van der Waals surface area contributed by atoms with Crippen LogP contribution in [-0.2, 0) is 51.3 Å². The van der Waals surface area contributed by atoms with E-state index in [0.717, 1.165) is 11.1 Å². The molecule has 0 saturated heterocycles. The van der Waals surface area contributed by atoms with Gasteiger partial charge in [-0.05, 0) is 73.3 Å². The molecule has 15 nitrogen and oxygen atoms in total. The molecule has 0 aromatic heterocycles. The molecule has 6 atom stereocenters. The molecule has 0 saturated carbocycles. The summed E-state index contributed by atoms with van der Waals surface area (Å²) < 4.78 is 0. The van der Waals surface area contributed by atoms with E-state index < -0.39 is 30.0 Å². The zero-order valence-electron chi connectivity index (χ0n) is 41.2. The molecular weight excluding hydrogens is 829 g/mol. The molecule has 0 bridgehead atoms. The van der Waals surface area contributed by atoms with Crippen molar-refractivity contribution in [3.8, 4) is 0 Å². The first-order valence-electron chi connectivity index (χ1n) is 22.8. The Hall–Kier alpha value is -4.99. The van der Waals surface area contributed by atoms with Gasteiger partial charge in [0, 0.05) is 38.5 Å². The molecule has 2 rings (SSSR count). The van der Waals surface area contributed by atoms with E-state index in [4.69, 9.17) is 4.84 Å². The maximum absolute atomic E-state index is 13.2. The molecule has 366 valence electrons. The molecule has 0 spiro atoms. The molecule has 0 fully saturated rings. The van der Waals surface area contributed by atoms with Gasteiger partial charge in [0.05, 0.1) is 44.1 Å². The van der Waals surface area contributed by atoms with Crippen LogP contribution in [0, 0.1) is 35.5 Å². The predicted octanol–water partition coefficient (Wildman–Crippen LogP) is 5.90. The van der Waals surface area contributed by atoms with E-state index in [2.05, 4.69) is 37.2 Å². The van der Waals surface area contributed by atoms with E-state index in [9.17, 15) is 33.9 Å². The smallest absolute Gasteiger partial charge is 0.224 e. The fourth-order valence-electron chi connectivity index (χ4n) is 7.27. The fraction of sp³-hybridized carbons (Fsp3) is 0.620. The molecule has 2 aromatic rings. The lowest BCUT2D eigenvalue weighted by molar-refractivity contribution is -0.132. The lowest BCUT2D eigenvalue weighted by atomic mass is 9.87. The van der Waals surface area contributed by atoms with Crippen molar-refractivity contribution in [2.75, 3.05) is 20.8 Å². The van der Waals surface area contributed by atoms with Crippen molar-refractivity contribution in [3.05, 3.63) is 71.8 Å². The Kier molecular flexibility index (Phi) is 31.7. The van der Waals surface area contributed by atoms with E-state index in [-0.39, 0.29) is 84.4 Å². The second kappa shape index (κ2) is 34.4. The highest BCUT2D eigenvalue weighted by Gasteiger charge is 2.31. The molecule has 15 heteroatoms. The van der Waals surface area contributed by atoms with E-state index in [0.29, 0.717) is 38.5 Å². The van der Waals surface area contributed by atoms with Gasteiger partial charge < -0.3 is 36.0 Å². The Bertz CT molecular complexity index is 1690. The van der Waals surface area contributed by atoms with Crippen molar-refractivity contribution in [1.82, 2.24) is 21.3 Å². The van der Waals surface area contributed by atoms with Crippen LogP contribution in [0.3, 0.4) is 0 Å². The summed E-state index contributed by atoms with van der Waals surface area (Å²) in [6.45, 7) is 18.7. The number of carbonyl (C=O) groups is 6. The fourth-order valence-corrected chi connectivity index (χ4v) is 7.27. The van der Waals surface area contributed by atoms with Gasteiger partial charge in [-0.15, -0.1) is 0 Å². The van der Waals surface area contributed by atoms with E-state index >= 15 is 0 Å². The lowest BCUT2D eigenvalue weighted by Crippen LogP contribution is -2.45. The Morgan fingerprint density at radius 2 is 0.969 bits per heavy atom. The third-order valence-corrected chi connectivity index (χ3v) is 9.96. The molecule has 4 amide bonds. The summed E-state index contributed by atoms with van der Waals surface area (Å²) in [5.74, 6) is 3.19. The summed E-state index contributed by atoms with van der Waals surface area (Å²) in [6.07, 6.45) is 5.04. The first kappa shape index (κ1) is 60.0. The number of nitrogens with zero attached hydrogens (tertiary/aromatic N) is 1. The molecule has 2 aromatic carbocycles. The lowest BCUT2D eigenvalue weighted by Gasteiger charge is -2.25. The van der Waals surface area contributed by atoms with E-state index in [1.807, 2.05) is 116 Å². The van der Waals surface area contributed by atoms with Gasteiger partial charge in [-0.1, -0.05) is 121 Å². The first-order valence-corrected chi connectivity index (χ1v) is 22.8. The summed E-state index contributed by atoms with van der Waals surface area (Å²) in [5.41, 5.74) is 2.08. The van der Waals surface area contributed by atoms with Crippen molar-refractivity contribution >= 4 is 41.4 Å². The molecule has 0 radical (unpaired) electrons. The van der Waals surface area contributed by atoms with Gasteiger partial charge in [-0.2, -0.15) is 0 Å². The minimum absolute atomic E-state index is 0.0746. The highest BCUT2D eigenvalue weighted by atomic mass is 16.6. The number of Topliss-reactive ketones (excluding diaryl/α,β-unsaturated/α-hetero) is 2. The van der Waals surface area contributed by atoms with Crippen LogP contribution in [0.4, 0.5) is 0 Å². The monoisotopic (exact) mass is 911 g/mol. The minimum Gasteiger partial charge on any atom is -0.399 e. The minimum atomic E-state index is -0.581. The summed E-state index contributed by atoms with van der Waals surface area (Å²) in [4.78, 5) is 83.8. The van der Waals surface area contributed by atoms with Crippen molar-refractivity contribution in [1.29, 1.82) is 0 Å². The van der Waals surface area contributed by atoms with Crippen LogP contribution >= 0.6 is 0 Å². The largest absolute Gasteiger partial charge is 0.399 e. The molecule has 0 heterocycles. The number of ketones is 2. The third kappa shape index (κ3) is 29.2. The van der Waals surface area contributed by atoms with Gasteiger partial charge in [-0.25, -0.2) is 5.90 Å². The molecule has 0 aliphatic carbocycles. The summed E-state index contributed by atoms with van der Waals surface area (Å²) in [5, 5.41) is 25.0. The molecular formula is C50H82N6O9. The predicted molar refractivity (Wildman–Crippen MR) is 257 cm³/mol. The van der Waals surface area contributed by atoms with Crippen LogP contribution in [0.25, 0.3) is 0 Å².